The highest BCUT2D eigenvalue weighted by Crippen LogP contribution is 2.36. The molecule has 0 aliphatic carbocycles. The van der Waals surface area contributed by atoms with E-state index in [4.69, 9.17) is 9.84 Å². The van der Waals surface area contributed by atoms with E-state index in [2.05, 4.69) is 0 Å². The molecule has 0 aromatic heterocycles. The predicted octanol–water partition coefficient (Wildman–Crippen LogP) is 1.83. The molecule has 1 N–H and O–H groups in total. The molecule has 2 rings (SSSR count). The van der Waals surface area contributed by atoms with Crippen LogP contribution in [-0.4, -0.2) is 30.3 Å². The fraction of sp³-hybridized carbons (Fsp3) is 0.333. The number of benzene rings is 1. The van der Waals surface area contributed by atoms with Gasteiger partial charge in [-0.05, 0) is 18.6 Å². The summed E-state index contributed by atoms with van der Waals surface area (Å²) < 4.78 is 4.90. The third kappa shape index (κ3) is 1.95. The first kappa shape index (κ1) is 11.4. The van der Waals surface area contributed by atoms with Gasteiger partial charge in [0.25, 0.3) is 0 Å². The molecular formula is C12H13NO4. The molecule has 1 atom stereocenters. The molecule has 0 saturated carbocycles. The maximum Gasteiger partial charge on any atom is 0.414 e. The van der Waals surface area contributed by atoms with Gasteiger partial charge in [-0.2, -0.15) is 0 Å². The average molecular weight is 235 g/mol. The van der Waals surface area contributed by atoms with Crippen LogP contribution in [0, 0.1) is 0 Å². The molecule has 0 radical (unpaired) electrons. The summed E-state index contributed by atoms with van der Waals surface area (Å²) in [6, 6.07) is 7.00. The van der Waals surface area contributed by atoms with E-state index in [1.807, 2.05) is 0 Å². The largest absolute Gasteiger partial charge is 0.481 e. The first-order valence-electron chi connectivity index (χ1n) is 5.41. The lowest BCUT2D eigenvalue weighted by Crippen LogP contribution is -2.31. The number of para-hydroxylation sites is 1. The quantitative estimate of drug-likeness (QED) is 0.849. The fourth-order valence-electron chi connectivity index (χ4n) is 1.99. The van der Waals surface area contributed by atoms with Crippen LogP contribution < -0.4 is 4.90 Å². The maximum absolute atomic E-state index is 11.7. The monoisotopic (exact) mass is 235 g/mol. The van der Waals surface area contributed by atoms with Crippen LogP contribution in [0.2, 0.25) is 0 Å². The molecule has 0 fully saturated rings. The first-order chi connectivity index (χ1) is 8.15. The molecule has 1 aromatic rings. The number of amides is 1. The van der Waals surface area contributed by atoms with Crippen LogP contribution in [-0.2, 0) is 9.53 Å². The van der Waals surface area contributed by atoms with Crippen molar-refractivity contribution >= 4 is 17.7 Å². The molecule has 1 heterocycles. The Morgan fingerprint density at radius 1 is 1.47 bits per heavy atom. The number of nitrogens with zero attached hydrogens (tertiary/aromatic N) is 1. The van der Waals surface area contributed by atoms with Crippen molar-refractivity contribution in [2.24, 2.45) is 0 Å². The third-order valence-electron chi connectivity index (χ3n) is 2.75. The van der Waals surface area contributed by atoms with Crippen molar-refractivity contribution in [3.8, 4) is 0 Å². The highest BCUT2D eigenvalue weighted by Gasteiger charge is 2.36. The molecule has 5 heteroatoms. The van der Waals surface area contributed by atoms with Crippen LogP contribution in [0.3, 0.4) is 0 Å². The summed E-state index contributed by atoms with van der Waals surface area (Å²) in [6.45, 7) is 2.12. The van der Waals surface area contributed by atoms with Gasteiger partial charge in [-0.15, -0.1) is 0 Å². The second-order valence-electron chi connectivity index (χ2n) is 3.76. The van der Waals surface area contributed by atoms with E-state index in [1.165, 1.54) is 4.90 Å². The number of hydrogen-bond acceptors (Lipinski definition) is 3. The summed E-state index contributed by atoms with van der Waals surface area (Å²) in [5.74, 6) is -1.60. The van der Waals surface area contributed by atoms with Gasteiger partial charge in [0.05, 0.1) is 12.3 Å². The molecule has 1 aromatic carbocycles. The summed E-state index contributed by atoms with van der Waals surface area (Å²) in [7, 11) is 0. The van der Waals surface area contributed by atoms with E-state index in [9.17, 15) is 9.59 Å². The number of carboxylic acid groups (broad SMARTS) is 1. The number of ether oxygens (including phenoxy) is 1. The number of anilines is 1. The van der Waals surface area contributed by atoms with Crippen LogP contribution in [0.25, 0.3) is 0 Å². The number of rotatable bonds is 2. The predicted molar refractivity (Wildman–Crippen MR) is 61.2 cm³/mol. The number of carbonyl (C=O) groups is 2. The van der Waals surface area contributed by atoms with Crippen molar-refractivity contribution in [2.75, 3.05) is 18.1 Å². The van der Waals surface area contributed by atoms with Crippen molar-refractivity contribution in [1.29, 1.82) is 0 Å². The van der Waals surface area contributed by atoms with Gasteiger partial charge in [0, 0.05) is 6.54 Å². The SMILES string of the molecule is CCOC(=O)N1CC(C(=O)O)c2ccccc21. The Kier molecular flexibility index (Phi) is 2.99. The van der Waals surface area contributed by atoms with Gasteiger partial charge < -0.3 is 9.84 Å². The summed E-state index contributed by atoms with van der Waals surface area (Å²) in [6.07, 6.45) is -0.497. The minimum Gasteiger partial charge on any atom is -0.481 e. The minimum absolute atomic E-state index is 0.132. The van der Waals surface area contributed by atoms with E-state index in [0.29, 0.717) is 11.3 Å². The van der Waals surface area contributed by atoms with E-state index >= 15 is 0 Å². The molecule has 0 spiro atoms. The zero-order valence-corrected chi connectivity index (χ0v) is 9.42. The number of carbonyl (C=O) groups excluding carboxylic acids is 1. The molecule has 1 aliphatic rings. The van der Waals surface area contributed by atoms with Gasteiger partial charge in [-0.3, -0.25) is 9.69 Å². The fourth-order valence-corrected chi connectivity index (χ4v) is 1.99. The normalized spacial score (nSPS) is 17.7. The van der Waals surface area contributed by atoms with Crippen molar-refractivity contribution in [1.82, 2.24) is 0 Å². The summed E-state index contributed by atoms with van der Waals surface area (Å²) in [4.78, 5) is 24.2. The molecule has 17 heavy (non-hydrogen) atoms. The minimum atomic E-state index is -0.927. The summed E-state index contributed by atoms with van der Waals surface area (Å²) in [5, 5.41) is 9.11. The Morgan fingerprint density at radius 2 is 2.18 bits per heavy atom. The first-order valence-corrected chi connectivity index (χ1v) is 5.41. The molecular weight excluding hydrogens is 222 g/mol. The zero-order valence-electron chi connectivity index (χ0n) is 9.42. The van der Waals surface area contributed by atoms with Crippen LogP contribution in [0.15, 0.2) is 24.3 Å². The Balaban J connectivity index is 2.34. The second-order valence-corrected chi connectivity index (χ2v) is 3.76. The lowest BCUT2D eigenvalue weighted by atomic mass is 10.0. The lowest BCUT2D eigenvalue weighted by molar-refractivity contribution is -0.138. The van der Waals surface area contributed by atoms with Gasteiger partial charge in [-0.1, -0.05) is 18.2 Å². The number of carboxylic acids is 1. The van der Waals surface area contributed by atoms with E-state index in [-0.39, 0.29) is 13.2 Å². The number of aliphatic carboxylic acids is 1. The molecule has 1 unspecified atom stereocenters. The van der Waals surface area contributed by atoms with Crippen molar-refractivity contribution < 1.29 is 19.4 Å². The second kappa shape index (κ2) is 4.45. The highest BCUT2D eigenvalue weighted by atomic mass is 16.6. The topological polar surface area (TPSA) is 66.8 Å². The van der Waals surface area contributed by atoms with Crippen molar-refractivity contribution in [3.63, 3.8) is 0 Å². The van der Waals surface area contributed by atoms with Gasteiger partial charge in [-0.25, -0.2) is 4.79 Å². The molecule has 0 saturated heterocycles. The Morgan fingerprint density at radius 3 is 2.82 bits per heavy atom. The van der Waals surface area contributed by atoms with E-state index in [1.54, 1.807) is 31.2 Å². The molecule has 1 amide bonds. The Hall–Kier alpha value is -2.04. The molecule has 0 bridgehead atoms. The highest BCUT2D eigenvalue weighted by molar-refractivity contribution is 5.95. The summed E-state index contributed by atoms with van der Waals surface area (Å²) in [5.41, 5.74) is 1.28. The van der Waals surface area contributed by atoms with Gasteiger partial charge in [0.2, 0.25) is 0 Å². The average Bonchev–Trinajstić information content (AvgIpc) is 2.69. The molecule has 90 valence electrons. The Labute approximate surface area is 98.6 Å². The van der Waals surface area contributed by atoms with Crippen LogP contribution in [0.1, 0.15) is 18.4 Å². The lowest BCUT2D eigenvalue weighted by Gasteiger charge is -2.16. The standard InChI is InChI=1S/C12H13NO4/c1-2-17-12(16)13-7-9(11(14)15)8-5-3-4-6-10(8)13/h3-6,9H,2,7H2,1H3,(H,14,15). The maximum atomic E-state index is 11.7. The van der Waals surface area contributed by atoms with Crippen LogP contribution >= 0.6 is 0 Å². The summed E-state index contributed by atoms with van der Waals surface area (Å²) >= 11 is 0. The van der Waals surface area contributed by atoms with E-state index in [0.717, 1.165) is 0 Å². The van der Waals surface area contributed by atoms with Crippen molar-refractivity contribution in [2.45, 2.75) is 12.8 Å². The number of fused-ring (bicyclic) bond motifs is 1. The van der Waals surface area contributed by atoms with E-state index < -0.39 is 18.0 Å². The van der Waals surface area contributed by atoms with Crippen molar-refractivity contribution in [3.05, 3.63) is 29.8 Å². The van der Waals surface area contributed by atoms with Gasteiger partial charge >= 0.3 is 12.1 Å². The molecule has 1 aliphatic heterocycles. The Bertz CT molecular complexity index is 458. The zero-order chi connectivity index (χ0) is 12.4. The number of hydrogen-bond donors (Lipinski definition) is 1. The van der Waals surface area contributed by atoms with Crippen LogP contribution in [0.5, 0.6) is 0 Å². The smallest absolute Gasteiger partial charge is 0.414 e. The molecule has 5 nitrogen and oxygen atoms in total. The van der Waals surface area contributed by atoms with Gasteiger partial charge in [0.15, 0.2) is 0 Å². The van der Waals surface area contributed by atoms with Gasteiger partial charge in [0.1, 0.15) is 5.92 Å². The third-order valence-corrected chi connectivity index (χ3v) is 2.75. The van der Waals surface area contributed by atoms with Crippen LogP contribution in [0.4, 0.5) is 10.5 Å².